The third-order valence-corrected chi connectivity index (χ3v) is 2.34. The van der Waals surface area contributed by atoms with Crippen LogP contribution in [-0.2, 0) is 17.9 Å². The number of methoxy groups -OCH3 is 1. The second-order valence-corrected chi connectivity index (χ2v) is 3.91. The maximum Gasteiger partial charge on any atom is 0.319 e. The maximum absolute atomic E-state index is 12.6. The molecule has 0 aliphatic heterocycles. The van der Waals surface area contributed by atoms with Gasteiger partial charge in [-0.2, -0.15) is 8.78 Å². The molecule has 18 heavy (non-hydrogen) atoms. The molecular weight excluding hydrogens is 250 g/mol. The van der Waals surface area contributed by atoms with Crippen LogP contribution in [0.1, 0.15) is 11.1 Å². The summed E-state index contributed by atoms with van der Waals surface area (Å²) in [7, 11) is 1.57. The SMILES string of the molecule is COCc1ccc(CNCC(F)(F)C(F)F)cc1. The second kappa shape index (κ2) is 6.70. The van der Waals surface area contributed by atoms with E-state index < -0.39 is 18.9 Å². The quantitative estimate of drug-likeness (QED) is 0.765. The van der Waals surface area contributed by atoms with Crippen molar-refractivity contribution in [1.29, 1.82) is 0 Å². The van der Waals surface area contributed by atoms with E-state index >= 15 is 0 Å². The minimum absolute atomic E-state index is 0.121. The third kappa shape index (κ3) is 4.62. The summed E-state index contributed by atoms with van der Waals surface area (Å²) in [5.41, 5.74) is 1.71. The first-order valence-corrected chi connectivity index (χ1v) is 5.39. The Balaban J connectivity index is 2.40. The lowest BCUT2D eigenvalue weighted by atomic mass is 10.1. The van der Waals surface area contributed by atoms with Crippen LogP contribution < -0.4 is 5.32 Å². The highest BCUT2D eigenvalue weighted by molar-refractivity contribution is 5.21. The van der Waals surface area contributed by atoms with Crippen LogP contribution in [0.25, 0.3) is 0 Å². The zero-order valence-electron chi connectivity index (χ0n) is 9.93. The summed E-state index contributed by atoms with van der Waals surface area (Å²) in [5.74, 6) is -3.99. The Morgan fingerprint density at radius 2 is 1.72 bits per heavy atom. The van der Waals surface area contributed by atoms with Crippen molar-refractivity contribution in [1.82, 2.24) is 5.32 Å². The van der Waals surface area contributed by atoms with Crippen LogP contribution in [0.2, 0.25) is 0 Å². The predicted molar refractivity (Wildman–Crippen MR) is 59.8 cm³/mol. The number of ether oxygens (including phenoxy) is 1. The highest BCUT2D eigenvalue weighted by atomic mass is 19.3. The number of alkyl halides is 4. The van der Waals surface area contributed by atoms with Gasteiger partial charge in [0.05, 0.1) is 13.2 Å². The topological polar surface area (TPSA) is 21.3 Å². The van der Waals surface area contributed by atoms with Gasteiger partial charge in [0.25, 0.3) is 0 Å². The van der Waals surface area contributed by atoms with Crippen LogP contribution >= 0.6 is 0 Å². The first kappa shape index (κ1) is 14.9. The summed E-state index contributed by atoms with van der Waals surface area (Å²) < 4.78 is 53.8. The summed E-state index contributed by atoms with van der Waals surface area (Å²) >= 11 is 0. The highest BCUT2D eigenvalue weighted by Gasteiger charge is 2.39. The van der Waals surface area contributed by atoms with Gasteiger partial charge in [-0.25, -0.2) is 8.78 Å². The van der Waals surface area contributed by atoms with Gasteiger partial charge >= 0.3 is 12.3 Å². The number of rotatable bonds is 7. The van der Waals surface area contributed by atoms with E-state index in [0.717, 1.165) is 11.1 Å². The summed E-state index contributed by atoms with van der Waals surface area (Å²) in [5, 5.41) is 2.31. The van der Waals surface area contributed by atoms with E-state index in [0.29, 0.717) is 6.61 Å². The molecule has 6 heteroatoms. The molecule has 0 saturated heterocycles. The van der Waals surface area contributed by atoms with E-state index in [1.165, 1.54) is 0 Å². The Morgan fingerprint density at radius 1 is 1.17 bits per heavy atom. The monoisotopic (exact) mass is 265 g/mol. The summed E-state index contributed by atoms with van der Waals surface area (Å²) in [6.45, 7) is -0.447. The Bertz CT molecular complexity index is 354. The molecule has 102 valence electrons. The van der Waals surface area contributed by atoms with Crippen LogP contribution in [0, 0.1) is 0 Å². The van der Waals surface area contributed by atoms with Gasteiger partial charge in [-0.15, -0.1) is 0 Å². The van der Waals surface area contributed by atoms with Gasteiger partial charge in [-0.3, -0.25) is 0 Å². The van der Waals surface area contributed by atoms with E-state index in [2.05, 4.69) is 5.32 Å². The third-order valence-electron chi connectivity index (χ3n) is 2.34. The number of halogens is 4. The molecule has 0 aliphatic rings. The van der Waals surface area contributed by atoms with E-state index in [1.807, 2.05) is 0 Å². The zero-order valence-corrected chi connectivity index (χ0v) is 9.93. The molecule has 2 nitrogen and oxygen atoms in total. The van der Waals surface area contributed by atoms with Crippen molar-refractivity contribution in [2.45, 2.75) is 25.5 Å². The molecule has 0 unspecified atom stereocenters. The number of nitrogens with one attached hydrogen (secondary N) is 1. The van der Waals surface area contributed by atoms with Crippen molar-refractivity contribution in [2.24, 2.45) is 0 Å². The molecule has 0 heterocycles. The van der Waals surface area contributed by atoms with Gasteiger partial charge in [-0.1, -0.05) is 24.3 Å². The lowest BCUT2D eigenvalue weighted by Crippen LogP contribution is -2.38. The lowest BCUT2D eigenvalue weighted by Gasteiger charge is -2.15. The number of hydrogen-bond donors (Lipinski definition) is 1. The molecule has 0 atom stereocenters. The van der Waals surface area contributed by atoms with Gasteiger partial charge in [0.15, 0.2) is 0 Å². The van der Waals surface area contributed by atoms with Gasteiger partial charge in [0, 0.05) is 13.7 Å². The van der Waals surface area contributed by atoms with Crippen LogP contribution in [0.5, 0.6) is 0 Å². The van der Waals surface area contributed by atoms with Gasteiger partial charge in [0.2, 0.25) is 0 Å². The summed E-state index contributed by atoms with van der Waals surface area (Å²) in [6.07, 6.45) is -3.64. The minimum atomic E-state index is -3.99. The Kier molecular flexibility index (Phi) is 5.55. The van der Waals surface area contributed by atoms with Crippen molar-refractivity contribution in [3.8, 4) is 0 Å². The fourth-order valence-electron chi connectivity index (χ4n) is 1.37. The number of hydrogen-bond acceptors (Lipinski definition) is 2. The average Bonchev–Trinajstić information content (AvgIpc) is 2.31. The van der Waals surface area contributed by atoms with Crippen LogP contribution in [0.3, 0.4) is 0 Å². The van der Waals surface area contributed by atoms with Crippen molar-refractivity contribution >= 4 is 0 Å². The number of benzene rings is 1. The highest BCUT2D eigenvalue weighted by Crippen LogP contribution is 2.21. The molecule has 0 aliphatic carbocycles. The van der Waals surface area contributed by atoms with Crippen LogP contribution in [0.15, 0.2) is 24.3 Å². The van der Waals surface area contributed by atoms with Crippen LogP contribution in [0.4, 0.5) is 17.6 Å². The molecule has 0 saturated carbocycles. The van der Waals surface area contributed by atoms with Gasteiger partial charge < -0.3 is 10.1 Å². The van der Waals surface area contributed by atoms with Crippen molar-refractivity contribution in [2.75, 3.05) is 13.7 Å². The molecule has 0 spiro atoms. The fourth-order valence-corrected chi connectivity index (χ4v) is 1.37. The standard InChI is InChI=1S/C12H15F4NO/c1-18-7-10-4-2-9(3-5-10)6-17-8-12(15,16)11(13)14/h2-5,11,17H,6-8H2,1H3. The van der Waals surface area contributed by atoms with E-state index in [9.17, 15) is 17.6 Å². The molecule has 0 aromatic heterocycles. The fraction of sp³-hybridized carbons (Fsp3) is 0.500. The molecule has 1 aromatic rings. The second-order valence-electron chi connectivity index (χ2n) is 3.91. The predicted octanol–water partition coefficient (Wildman–Crippen LogP) is 2.82. The largest absolute Gasteiger partial charge is 0.380 e. The maximum atomic E-state index is 12.6. The Labute approximate surface area is 103 Å². The van der Waals surface area contributed by atoms with E-state index in [-0.39, 0.29) is 6.54 Å². The Morgan fingerprint density at radius 3 is 2.22 bits per heavy atom. The van der Waals surface area contributed by atoms with Gasteiger partial charge in [0.1, 0.15) is 0 Å². The molecule has 1 N–H and O–H groups in total. The molecule has 1 rings (SSSR count). The van der Waals surface area contributed by atoms with E-state index in [1.54, 1.807) is 31.4 Å². The molecule has 0 amide bonds. The molecule has 1 aromatic carbocycles. The smallest absolute Gasteiger partial charge is 0.319 e. The first-order valence-electron chi connectivity index (χ1n) is 5.39. The van der Waals surface area contributed by atoms with Crippen LogP contribution in [-0.4, -0.2) is 26.0 Å². The minimum Gasteiger partial charge on any atom is -0.380 e. The van der Waals surface area contributed by atoms with Crippen molar-refractivity contribution < 1.29 is 22.3 Å². The normalized spacial score (nSPS) is 12.1. The van der Waals surface area contributed by atoms with Gasteiger partial charge in [-0.05, 0) is 11.1 Å². The molecule has 0 fully saturated rings. The molecule has 0 radical (unpaired) electrons. The summed E-state index contributed by atoms with van der Waals surface area (Å²) in [6, 6.07) is 7.07. The first-order chi connectivity index (χ1) is 8.45. The molecular formula is C12H15F4NO. The van der Waals surface area contributed by atoms with E-state index in [4.69, 9.17) is 4.74 Å². The summed E-state index contributed by atoms with van der Waals surface area (Å²) in [4.78, 5) is 0. The average molecular weight is 265 g/mol. The lowest BCUT2D eigenvalue weighted by molar-refractivity contribution is -0.125. The van der Waals surface area contributed by atoms with Crippen molar-refractivity contribution in [3.63, 3.8) is 0 Å². The zero-order chi connectivity index (χ0) is 13.6. The Hall–Kier alpha value is -1.14. The van der Waals surface area contributed by atoms with Crippen molar-refractivity contribution in [3.05, 3.63) is 35.4 Å². The molecule has 0 bridgehead atoms.